The predicted molar refractivity (Wildman–Crippen MR) is 78.5 cm³/mol. The summed E-state index contributed by atoms with van der Waals surface area (Å²) in [7, 11) is 0. The van der Waals surface area contributed by atoms with Crippen molar-refractivity contribution in [1.29, 1.82) is 0 Å². The number of hydrogen-bond donors (Lipinski definition) is 1. The molecule has 1 saturated heterocycles. The van der Waals surface area contributed by atoms with Crippen molar-refractivity contribution >= 4 is 0 Å². The van der Waals surface area contributed by atoms with Crippen molar-refractivity contribution in [3.05, 3.63) is 0 Å². The van der Waals surface area contributed by atoms with Gasteiger partial charge in [0, 0.05) is 18.7 Å². The van der Waals surface area contributed by atoms with Gasteiger partial charge in [-0.1, -0.05) is 19.3 Å². The molecule has 3 heteroatoms. The Balaban J connectivity index is 1.85. The summed E-state index contributed by atoms with van der Waals surface area (Å²) in [5.41, 5.74) is 0.217. The molecule has 1 unspecified atom stereocenters. The maximum absolute atomic E-state index is 6.36. The van der Waals surface area contributed by atoms with Crippen LogP contribution in [0.5, 0.6) is 0 Å². The van der Waals surface area contributed by atoms with E-state index < -0.39 is 0 Å². The van der Waals surface area contributed by atoms with Crippen LogP contribution < -0.4 is 5.32 Å². The van der Waals surface area contributed by atoms with E-state index in [0.29, 0.717) is 6.10 Å². The fourth-order valence-corrected chi connectivity index (χ4v) is 3.04. The van der Waals surface area contributed by atoms with Crippen LogP contribution in [0.2, 0.25) is 0 Å². The molecule has 1 N–H and O–H groups in total. The Morgan fingerprint density at radius 1 is 1.16 bits per heavy atom. The highest BCUT2D eigenvalue weighted by Gasteiger charge is 2.35. The fourth-order valence-electron chi connectivity index (χ4n) is 3.04. The first-order chi connectivity index (χ1) is 8.99. The average molecular weight is 269 g/mol. The average Bonchev–Trinajstić information content (AvgIpc) is 2.88. The third-order valence-electron chi connectivity index (χ3n) is 4.31. The van der Waals surface area contributed by atoms with Gasteiger partial charge in [-0.25, -0.2) is 0 Å². The first-order valence-corrected chi connectivity index (χ1v) is 8.00. The molecular formula is C16H31NO2. The first-order valence-electron chi connectivity index (χ1n) is 8.00. The lowest BCUT2D eigenvalue weighted by atomic mass is 9.84. The van der Waals surface area contributed by atoms with Crippen LogP contribution in [-0.4, -0.2) is 37.0 Å². The minimum Gasteiger partial charge on any atom is -0.376 e. The van der Waals surface area contributed by atoms with E-state index in [1.807, 2.05) is 0 Å². The minimum atomic E-state index is 0.0531. The first kappa shape index (κ1) is 15.3. The molecule has 0 bridgehead atoms. The van der Waals surface area contributed by atoms with Crippen LogP contribution in [0.1, 0.15) is 65.7 Å². The molecule has 19 heavy (non-hydrogen) atoms. The lowest BCUT2D eigenvalue weighted by Gasteiger charge is -2.40. The maximum atomic E-state index is 6.36. The lowest BCUT2D eigenvalue weighted by molar-refractivity contribution is -0.102. The number of ether oxygens (including phenoxy) is 2. The summed E-state index contributed by atoms with van der Waals surface area (Å²) >= 11 is 0. The van der Waals surface area contributed by atoms with Crippen LogP contribution >= 0.6 is 0 Å². The second-order valence-corrected chi connectivity index (χ2v) is 7.29. The van der Waals surface area contributed by atoms with E-state index in [1.54, 1.807) is 0 Å². The molecule has 1 heterocycles. The SMILES string of the molecule is CC(C)(C)NCC1(OCC2CCCO2)CCCCC1. The molecular weight excluding hydrogens is 238 g/mol. The Morgan fingerprint density at radius 3 is 2.47 bits per heavy atom. The zero-order valence-corrected chi connectivity index (χ0v) is 13.0. The second-order valence-electron chi connectivity index (χ2n) is 7.29. The monoisotopic (exact) mass is 269 g/mol. The Labute approximate surface area is 118 Å². The third-order valence-corrected chi connectivity index (χ3v) is 4.31. The van der Waals surface area contributed by atoms with Gasteiger partial charge in [0.05, 0.1) is 18.3 Å². The van der Waals surface area contributed by atoms with Crippen molar-refractivity contribution in [2.24, 2.45) is 0 Å². The summed E-state index contributed by atoms with van der Waals surface area (Å²) < 4.78 is 12.1. The summed E-state index contributed by atoms with van der Waals surface area (Å²) in [5, 5.41) is 3.64. The molecule has 112 valence electrons. The molecule has 1 saturated carbocycles. The Kier molecular flexibility index (Phi) is 5.27. The quantitative estimate of drug-likeness (QED) is 0.831. The summed E-state index contributed by atoms with van der Waals surface area (Å²) in [6.07, 6.45) is 9.07. The van der Waals surface area contributed by atoms with Crippen molar-refractivity contribution in [3.63, 3.8) is 0 Å². The van der Waals surface area contributed by atoms with Gasteiger partial charge in [-0.3, -0.25) is 0 Å². The number of hydrogen-bond acceptors (Lipinski definition) is 3. The zero-order valence-electron chi connectivity index (χ0n) is 13.0. The largest absolute Gasteiger partial charge is 0.376 e. The molecule has 1 atom stereocenters. The van der Waals surface area contributed by atoms with Crippen LogP contribution in [0.3, 0.4) is 0 Å². The van der Waals surface area contributed by atoms with Gasteiger partial charge in [0.15, 0.2) is 0 Å². The highest BCUT2D eigenvalue weighted by Crippen LogP contribution is 2.32. The molecule has 2 aliphatic rings. The standard InChI is InChI=1S/C16H31NO2/c1-15(2,3)17-13-16(9-5-4-6-10-16)19-12-14-8-7-11-18-14/h14,17H,4-13H2,1-3H3. The van der Waals surface area contributed by atoms with Crippen LogP contribution in [0, 0.1) is 0 Å². The van der Waals surface area contributed by atoms with Crippen molar-refractivity contribution in [3.8, 4) is 0 Å². The molecule has 1 aliphatic carbocycles. The summed E-state index contributed by atoms with van der Waals surface area (Å²) in [4.78, 5) is 0. The van der Waals surface area contributed by atoms with Gasteiger partial charge in [0.25, 0.3) is 0 Å². The van der Waals surface area contributed by atoms with E-state index in [9.17, 15) is 0 Å². The van der Waals surface area contributed by atoms with E-state index in [1.165, 1.54) is 44.9 Å². The Bertz CT molecular complexity index is 260. The van der Waals surface area contributed by atoms with E-state index >= 15 is 0 Å². The third kappa shape index (κ3) is 5.05. The van der Waals surface area contributed by atoms with Gasteiger partial charge >= 0.3 is 0 Å². The smallest absolute Gasteiger partial charge is 0.0809 e. The lowest BCUT2D eigenvalue weighted by Crippen LogP contribution is -2.50. The summed E-state index contributed by atoms with van der Waals surface area (Å²) in [6, 6.07) is 0. The summed E-state index contributed by atoms with van der Waals surface area (Å²) in [5.74, 6) is 0. The molecule has 3 nitrogen and oxygen atoms in total. The topological polar surface area (TPSA) is 30.5 Å². The second kappa shape index (κ2) is 6.55. The normalized spacial score (nSPS) is 27.6. The van der Waals surface area contributed by atoms with Gasteiger partial charge in [-0.2, -0.15) is 0 Å². The van der Waals surface area contributed by atoms with Crippen LogP contribution in [0.4, 0.5) is 0 Å². The van der Waals surface area contributed by atoms with E-state index in [2.05, 4.69) is 26.1 Å². The molecule has 0 spiro atoms. The van der Waals surface area contributed by atoms with Gasteiger partial charge < -0.3 is 14.8 Å². The molecule has 2 fully saturated rings. The van der Waals surface area contributed by atoms with E-state index in [-0.39, 0.29) is 11.1 Å². The molecule has 0 radical (unpaired) electrons. The molecule has 0 aromatic carbocycles. The van der Waals surface area contributed by atoms with Crippen LogP contribution in [0.15, 0.2) is 0 Å². The molecule has 0 aromatic rings. The summed E-state index contributed by atoms with van der Waals surface area (Å²) in [6.45, 7) is 9.35. The maximum Gasteiger partial charge on any atom is 0.0809 e. The predicted octanol–water partition coefficient (Wildman–Crippen LogP) is 3.27. The van der Waals surface area contributed by atoms with Crippen molar-refractivity contribution in [2.45, 2.75) is 83.0 Å². The number of rotatable bonds is 5. The molecule has 0 amide bonds. The van der Waals surface area contributed by atoms with E-state index in [0.717, 1.165) is 19.8 Å². The van der Waals surface area contributed by atoms with Gasteiger partial charge in [-0.05, 0) is 46.5 Å². The van der Waals surface area contributed by atoms with Crippen molar-refractivity contribution in [2.75, 3.05) is 19.8 Å². The molecule has 0 aromatic heterocycles. The fraction of sp³-hybridized carbons (Fsp3) is 1.00. The van der Waals surface area contributed by atoms with Gasteiger partial charge in [0.2, 0.25) is 0 Å². The Morgan fingerprint density at radius 2 is 1.89 bits per heavy atom. The van der Waals surface area contributed by atoms with Crippen molar-refractivity contribution < 1.29 is 9.47 Å². The van der Waals surface area contributed by atoms with Crippen LogP contribution in [-0.2, 0) is 9.47 Å². The van der Waals surface area contributed by atoms with Gasteiger partial charge in [0.1, 0.15) is 0 Å². The molecule has 1 aliphatic heterocycles. The molecule has 2 rings (SSSR count). The van der Waals surface area contributed by atoms with E-state index in [4.69, 9.17) is 9.47 Å². The van der Waals surface area contributed by atoms with Gasteiger partial charge in [-0.15, -0.1) is 0 Å². The minimum absolute atomic E-state index is 0.0531. The number of nitrogens with one attached hydrogen (secondary N) is 1. The van der Waals surface area contributed by atoms with Crippen LogP contribution in [0.25, 0.3) is 0 Å². The van der Waals surface area contributed by atoms with Crippen molar-refractivity contribution in [1.82, 2.24) is 5.32 Å². The zero-order chi connectivity index (χ0) is 13.8. The Hall–Kier alpha value is -0.120. The highest BCUT2D eigenvalue weighted by atomic mass is 16.5. The highest BCUT2D eigenvalue weighted by molar-refractivity contribution is 4.89.